The summed E-state index contributed by atoms with van der Waals surface area (Å²) in [6.07, 6.45) is 7.11. The summed E-state index contributed by atoms with van der Waals surface area (Å²) in [5, 5.41) is 7.22. The summed E-state index contributed by atoms with van der Waals surface area (Å²) in [5.74, 6) is 1.74. The molecular weight excluding hydrogens is 450 g/mol. The smallest absolute Gasteiger partial charge is 0.291 e. The van der Waals surface area contributed by atoms with Crippen LogP contribution in [0.3, 0.4) is 0 Å². The highest BCUT2D eigenvalue weighted by atomic mass is 32.1. The number of aliphatic imine (C=N–C) groups is 1. The van der Waals surface area contributed by atoms with Gasteiger partial charge in [-0.15, -0.1) is 11.3 Å². The molecule has 1 unspecified atom stereocenters. The van der Waals surface area contributed by atoms with Gasteiger partial charge in [0.2, 0.25) is 0 Å². The fourth-order valence-corrected chi connectivity index (χ4v) is 4.59. The van der Waals surface area contributed by atoms with Crippen molar-refractivity contribution in [3.8, 4) is 11.5 Å². The monoisotopic (exact) mass is 479 g/mol. The first-order valence-electron chi connectivity index (χ1n) is 10.7. The fraction of sp³-hybridized carbons (Fsp3) is 0.231. The number of carbonyl (C=O) groups excluding carboxylic acids is 1. The predicted molar refractivity (Wildman–Crippen MR) is 137 cm³/mol. The van der Waals surface area contributed by atoms with Crippen LogP contribution in [-0.4, -0.2) is 26.8 Å². The molecule has 2 heterocycles. The summed E-state index contributed by atoms with van der Waals surface area (Å²) in [6.45, 7) is 9.70. The van der Waals surface area contributed by atoms with Crippen molar-refractivity contribution >= 4 is 29.0 Å². The molecule has 0 aliphatic heterocycles. The van der Waals surface area contributed by atoms with Crippen LogP contribution in [0.4, 0.5) is 5.00 Å². The van der Waals surface area contributed by atoms with Gasteiger partial charge in [-0.3, -0.25) is 4.79 Å². The van der Waals surface area contributed by atoms with Crippen LogP contribution in [0.2, 0.25) is 0 Å². The van der Waals surface area contributed by atoms with Crippen LogP contribution in [0.1, 0.15) is 45.1 Å². The maximum Gasteiger partial charge on any atom is 0.291 e. The van der Waals surface area contributed by atoms with Gasteiger partial charge in [0, 0.05) is 10.4 Å². The molecular formula is C26H29N3O4S. The zero-order valence-corrected chi connectivity index (χ0v) is 20.8. The van der Waals surface area contributed by atoms with E-state index in [2.05, 4.69) is 22.3 Å². The number of methoxy groups -OCH3 is 2. The van der Waals surface area contributed by atoms with Crippen LogP contribution in [-0.2, 0) is 0 Å². The first kappa shape index (κ1) is 24.9. The summed E-state index contributed by atoms with van der Waals surface area (Å²) in [4.78, 5) is 18.0. The molecule has 1 amide bonds. The van der Waals surface area contributed by atoms with Crippen LogP contribution in [0.5, 0.6) is 11.5 Å². The number of hydrogen-bond acceptors (Lipinski definition) is 7. The lowest BCUT2D eigenvalue weighted by atomic mass is 9.96. The van der Waals surface area contributed by atoms with E-state index in [0.717, 1.165) is 26.6 Å². The predicted octanol–water partition coefficient (Wildman–Crippen LogP) is 6.02. The Balaban J connectivity index is 2.14. The van der Waals surface area contributed by atoms with Crippen LogP contribution in [0.15, 0.2) is 70.1 Å². The van der Waals surface area contributed by atoms with Gasteiger partial charge in [0.05, 0.1) is 26.5 Å². The molecule has 0 fully saturated rings. The highest BCUT2D eigenvalue weighted by Gasteiger charge is 2.26. The highest BCUT2D eigenvalue weighted by molar-refractivity contribution is 7.16. The van der Waals surface area contributed by atoms with Crippen LogP contribution < -0.4 is 20.1 Å². The maximum atomic E-state index is 12.8. The molecule has 0 saturated heterocycles. The molecule has 0 bridgehead atoms. The van der Waals surface area contributed by atoms with Crippen molar-refractivity contribution in [3.63, 3.8) is 0 Å². The highest BCUT2D eigenvalue weighted by Crippen LogP contribution is 2.41. The zero-order chi connectivity index (χ0) is 24.7. The third-order valence-electron chi connectivity index (χ3n) is 5.34. The van der Waals surface area contributed by atoms with Gasteiger partial charge in [0.25, 0.3) is 5.91 Å². The van der Waals surface area contributed by atoms with E-state index in [1.807, 2.05) is 57.2 Å². The normalized spacial score (nSPS) is 12.4. The van der Waals surface area contributed by atoms with E-state index in [9.17, 15) is 4.79 Å². The van der Waals surface area contributed by atoms with E-state index in [-0.39, 0.29) is 17.7 Å². The number of aryl methyl sites for hydroxylation is 1. The number of nitrogens with one attached hydrogen (secondary N) is 2. The van der Waals surface area contributed by atoms with Crippen LogP contribution >= 0.6 is 11.3 Å². The van der Waals surface area contributed by atoms with Crippen molar-refractivity contribution in [3.05, 3.63) is 88.0 Å². The molecule has 8 heteroatoms. The molecule has 1 aromatic carbocycles. The van der Waals surface area contributed by atoms with E-state index in [1.165, 1.54) is 17.6 Å². The topological polar surface area (TPSA) is 85.1 Å². The number of nitrogens with zero attached hydrogens (tertiary/aromatic N) is 1. The largest absolute Gasteiger partial charge is 0.493 e. The van der Waals surface area contributed by atoms with Crippen molar-refractivity contribution in [1.82, 2.24) is 5.32 Å². The minimum Gasteiger partial charge on any atom is -0.493 e. The van der Waals surface area contributed by atoms with Crippen molar-refractivity contribution in [1.29, 1.82) is 0 Å². The van der Waals surface area contributed by atoms with E-state index in [0.29, 0.717) is 17.3 Å². The SMILES string of the molecule is C=N/C(=C\C=C/C)NC(c1ccc(OC)c(OC)c1)c1c(NC(=O)c2ccco2)sc(C)c1C. The van der Waals surface area contributed by atoms with Gasteiger partial charge in [-0.1, -0.05) is 18.2 Å². The quantitative estimate of drug-likeness (QED) is 0.274. The van der Waals surface area contributed by atoms with Crippen molar-refractivity contribution < 1.29 is 18.7 Å². The minimum atomic E-state index is -0.362. The Hall–Kier alpha value is -3.78. The number of benzene rings is 1. The third kappa shape index (κ3) is 5.40. The molecule has 1 atom stereocenters. The first-order chi connectivity index (χ1) is 16.4. The van der Waals surface area contributed by atoms with Crippen molar-refractivity contribution in [2.75, 3.05) is 19.5 Å². The summed E-state index contributed by atoms with van der Waals surface area (Å²) in [6, 6.07) is 8.68. The molecule has 0 saturated carbocycles. The number of ether oxygens (including phenoxy) is 2. The van der Waals surface area contributed by atoms with E-state index < -0.39 is 0 Å². The Morgan fingerprint density at radius 1 is 1.21 bits per heavy atom. The molecule has 0 spiro atoms. The zero-order valence-electron chi connectivity index (χ0n) is 20.0. The summed E-state index contributed by atoms with van der Waals surface area (Å²) >= 11 is 1.51. The molecule has 178 valence electrons. The average molecular weight is 480 g/mol. The molecule has 34 heavy (non-hydrogen) atoms. The third-order valence-corrected chi connectivity index (χ3v) is 6.48. The molecule has 2 N–H and O–H groups in total. The molecule has 2 aromatic heterocycles. The van der Waals surface area contributed by atoms with E-state index in [4.69, 9.17) is 13.9 Å². The molecule has 7 nitrogen and oxygen atoms in total. The van der Waals surface area contributed by atoms with Crippen LogP contribution in [0.25, 0.3) is 0 Å². The van der Waals surface area contributed by atoms with Crippen molar-refractivity contribution in [2.24, 2.45) is 4.99 Å². The average Bonchev–Trinajstić information content (AvgIpc) is 3.48. The number of carbonyl (C=O) groups is 1. The number of allylic oxidation sites excluding steroid dienone is 3. The molecule has 0 aliphatic rings. The number of anilines is 1. The maximum absolute atomic E-state index is 12.8. The van der Waals surface area contributed by atoms with Crippen LogP contribution in [0, 0.1) is 13.8 Å². The number of amides is 1. The van der Waals surface area contributed by atoms with Gasteiger partial charge < -0.3 is 24.5 Å². The number of furan rings is 1. The number of hydrogen-bond donors (Lipinski definition) is 2. The van der Waals surface area contributed by atoms with E-state index >= 15 is 0 Å². The molecule has 0 radical (unpaired) electrons. The van der Waals surface area contributed by atoms with Gasteiger partial charge >= 0.3 is 0 Å². The van der Waals surface area contributed by atoms with Gasteiger partial charge in [-0.25, -0.2) is 4.99 Å². The second kappa shape index (κ2) is 11.4. The summed E-state index contributed by atoms with van der Waals surface area (Å²) in [7, 11) is 3.20. The number of rotatable bonds is 10. The van der Waals surface area contributed by atoms with Crippen molar-refractivity contribution in [2.45, 2.75) is 26.8 Å². The molecule has 3 rings (SSSR count). The minimum absolute atomic E-state index is 0.242. The Morgan fingerprint density at radius 3 is 2.59 bits per heavy atom. The number of thiophene rings is 1. The Kier molecular flexibility index (Phi) is 8.32. The second-order valence-corrected chi connectivity index (χ2v) is 8.61. The lowest BCUT2D eigenvalue weighted by Crippen LogP contribution is -2.23. The lowest BCUT2D eigenvalue weighted by molar-refractivity contribution is 0.0997. The first-order valence-corrected chi connectivity index (χ1v) is 11.5. The van der Waals surface area contributed by atoms with Gasteiger partial charge in [0.15, 0.2) is 17.3 Å². The summed E-state index contributed by atoms with van der Waals surface area (Å²) < 4.78 is 16.2. The van der Waals surface area contributed by atoms with E-state index in [1.54, 1.807) is 26.4 Å². The fourth-order valence-electron chi connectivity index (χ4n) is 3.49. The second-order valence-electron chi connectivity index (χ2n) is 7.39. The Bertz CT molecular complexity index is 1210. The summed E-state index contributed by atoms with van der Waals surface area (Å²) in [5.41, 5.74) is 2.88. The molecule has 0 aliphatic carbocycles. The molecule has 3 aromatic rings. The standard InChI is InChI=1S/C26H29N3O4S/c1-7-8-11-22(27-4)28-24(18-12-13-19(31-5)21(15-18)32-6)23-16(2)17(3)34-26(23)29-25(30)20-10-9-14-33-20/h7-15,24,28H,4H2,1-3,5-6H3,(H,29,30)/b8-7-,22-11+. The Labute approximate surface area is 203 Å². The lowest BCUT2D eigenvalue weighted by Gasteiger charge is -2.23. The Morgan fingerprint density at radius 2 is 1.97 bits per heavy atom. The van der Waals surface area contributed by atoms with Gasteiger partial charge in [-0.05, 0) is 69.0 Å². The van der Waals surface area contributed by atoms with Gasteiger partial charge in [0.1, 0.15) is 10.8 Å². The van der Waals surface area contributed by atoms with Gasteiger partial charge in [-0.2, -0.15) is 0 Å².